The minimum Gasteiger partial charge on any atom is -0.382 e. The Morgan fingerprint density at radius 1 is 1.13 bits per heavy atom. The van der Waals surface area contributed by atoms with E-state index < -0.39 is 6.29 Å². The van der Waals surface area contributed by atoms with Crippen LogP contribution in [0.15, 0.2) is 30.5 Å². The predicted molar refractivity (Wildman–Crippen MR) is 116 cm³/mol. The fourth-order valence-corrected chi connectivity index (χ4v) is 3.20. The standard InChI is InChI=1S/C21H30N6O4/c1-4-29-13-9-12-27-18-11-8-7-10-16(18)22-21(27)23-20(28)17-14-26(25-24-17)15-19(30-5-2)31-6-3/h7-8,10-11,14,19H,4-6,9,12-13,15H2,1-3H3,(H,22,23,28). The van der Waals surface area contributed by atoms with Crippen LogP contribution in [0, 0.1) is 0 Å². The van der Waals surface area contributed by atoms with Crippen LogP contribution in [0.1, 0.15) is 37.7 Å². The second kappa shape index (κ2) is 11.5. The van der Waals surface area contributed by atoms with Gasteiger partial charge in [0.2, 0.25) is 5.95 Å². The second-order valence-electron chi connectivity index (χ2n) is 6.75. The van der Waals surface area contributed by atoms with E-state index >= 15 is 0 Å². The SMILES string of the molecule is CCOCCCn1c(NC(=O)c2cn(CC(OCC)OCC)nn2)nc2ccccc21. The van der Waals surface area contributed by atoms with E-state index in [1.165, 1.54) is 4.68 Å². The molecule has 0 aliphatic heterocycles. The van der Waals surface area contributed by atoms with Crippen molar-refractivity contribution in [3.63, 3.8) is 0 Å². The first kappa shape index (κ1) is 22.9. The fraction of sp³-hybridized carbons (Fsp3) is 0.524. The number of aromatic nitrogens is 5. The third kappa shape index (κ3) is 6.09. The Hall–Kier alpha value is -2.82. The number of nitrogens with one attached hydrogen (secondary N) is 1. The summed E-state index contributed by atoms with van der Waals surface area (Å²) < 4.78 is 20.0. The van der Waals surface area contributed by atoms with Gasteiger partial charge in [0, 0.05) is 33.0 Å². The molecule has 0 spiro atoms. The van der Waals surface area contributed by atoms with Gasteiger partial charge in [-0.15, -0.1) is 5.10 Å². The molecule has 3 rings (SSSR count). The van der Waals surface area contributed by atoms with Crippen LogP contribution in [0.4, 0.5) is 5.95 Å². The number of rotatable bonds is 13. The molecule has 0 unspecified atom stereocenters. The Balaban J connectivity index is 1.72. The minimum absolute atomic E-state index is 0.194. The van der Waals surface area contributed by atoms with Gasteiger partial charge in [0.05, 0.1) is 23.8 Å². The molecule has 1 aromatic carbocycles. The van der Waals surface area contributed by atoms with Crippen LogP contribution in [0.25, 0.3) is 11.0 Å². The molecule has 2 aromatic heterocycles. The number of hydrogen-bond acceptors (Lipinski definition) is 7. The average Bonchev–Trinajstić information content (AvgIpc) is 3.36. The van der Waals surface area contributed by atoms with Gasteiger partial charge in [-0.25, -0.2) is 9.67 Å². The number of ether oxygens (including phenoxy) is 3. The zero-order valence-corrected chi connectivity index (χ0v) is 18.3. The molecule has 1 amide bonds. The molecular weight excluding hydrogens is 400 g/mol. The molecular formula is C21H30N6O4. The van der Waals surface area contributed by atoms with Crippen molar-refractivity contribution in [2.75, 3.05) is 31.7 Å². The summed E-state index contributed by atoms with van der Waals surface area (Å²) >= 11 is 0. The zero-order chi connectivity index (χ0) is 22.1. The van der Waals surface area contributed by atoms with Gasteiger partial charge in [-0.3, -0.25) is 10.1 Å². The van der Waals surface area contributed by atoms with Crippen LogP contribution in [-0.4, -0.2) is 63.2 Å². The molecule has 0 saturated heterocycles. The van der Waals surface area contributed by atoms with Crippen molar-refractivity contribution in [2.45, 2.75) is 46.6 Å². The highest BCUT2D eigenvalue weighted by molar-refractivity contribution is 6.02. The van der Waals surface area contributed by atoms with Crippen LogP contribution >= 0.6 is 0 Å². The number of nitrogens with zero attached hydrogens (tertiary/aromatic N) is 5. The molecule has 0 atom stereocenters. The van der Waals surface area contributed by atoms with E-state index in [-0.39, 0.29) is 11.6 Å². The number of carbonyl (C=O) groups is 1. The Kier molecular flexibility index (Phi) is 8.51. The van der Waals surface area contributed by atoms with Crippen LogP contribution in [0.3, 0.4) is 0 Å². The molecule has 31 heavy (non-hydrogen) atoms. The number of amides is 1. The highest BCUT2D eigenvalue weighted by atomic mass is 16.7. The number of imidazole rings is 1. The Morgan fingerprint density at radius 2 is 1.90 bits per heavy atom. The first-order valence-corrected chi connectivity index (χ1v) is 10.6. The smallest absolute Gasteiger partial charge is 0.280 e. The van der Waals surface area contributed by atoms with E-state index in [1.54, 1.807) is 6.20 Å². The summed E-state index contributed by atoms with van der Waals surface area (Å²) in [5.74, 6) is 0.0933. The molecule has 10 nitrogen and oxygen atoms in total. The molecule has 0 fully saturated rings. The van der Waals surface area contributed by atoms with Gasteiger partial charge in [-0.05, 0) is 39.3 Å². The van der Waals surface area contributed by atoms with Gasteiger partial charge < -0.3 is 18.8 Å². The highest BCUT2D eigenvalue weighted by Gasteiger charge is 2.18. The van der Waals surface area contributed by atoms with Crippen molar-refractivity contribution in [3.05, 3.63) is 36.2 Å². The van der Waals surface area contributed by atoms with Gasteiger partial charge in [0.15, 0.2) is 12.0 Å². The first-order valence-electron chi connectivity index (χ1n) is 10.6. The van der Waals surface area contributed by atoms with Crippen LogP contribution in [0.2, 0.25) is 0 Å². The first-order chi connectivity index (χ1) is 15.2. The molecule has 168 valence electrons. The Morgan fingerprint density at radius 3 is 2.65 bits per heavy atom. The van der Waals surface area contributed by atoms with Crippen molar-refractivity contribution >= 4 is 22.9 Å². The molecule has 2 heterocycles. The summed E-state index contributed by atoms with van der Waals surface area (Å²) in [6, 6.07) is 7.77. The monoisotopic (exact) mass is 430 g/mol. The lowest BCUT2D eigenvalue weighted by molar-refractivity contribution is -0.145. The van der Waals surface area contributed by atoms with Crippen molar-refractivity contribution in [3.8, 4) is 0 Å². The molecule has 0 bridgehead atoms. The number of carbonyl (C=O) groups excluding carboxylic acids is 1. The van der Waals surface area contributed by atoms with Gasteiger partial charge in [0.1, 0.15) is 0 Å². The lowest BCUT2D eigenvalue weighted by atomic mass is 10.3. The number of aryl methyl sites for hydroxylation is 1. The number of benzene rings is 1. The Bertz CT molecular complexity index is 964. The van der Waals surface area contributed by atoms with E-state index in [4.69, 9.17) is 14.2 Å². The lowest BCUT2D eigenvalue weighted by Gasteiger charge is -2.16. The van der Waals surface area contributed by atoms with Crippen LogP contribution in [-0.2, 0) is 27.3 Å². The van der Waals surface area contributed by atoms with E-state index in [9.17, 15) is 4.79 Å². The number of para-hydroxylation sites is 2. The average molecular weight is 431 g/mol. The van der Waals surface area contributed by atoms with E-state index in [1.807, 2.05) is 49.6 Å². The third-order valence-electron chi connectivity index (χ3n) is 4.57. The van der Waals surface area contributed by atoms with E-state index in [0.29, 0.717) is 45.5 Å². The third-order valence-corrected chi connectivity index (χ3v) is 4.57. The number of anilines is 1. The van der Waals surface area contributed by atoms with Crippen LogP contribution in [0.5, 0.6) is 0 Å². The molecule has 0 radical (unpaired) electrons. The van der Waals surface area contributed by atoms with Gasteiger partial charge in [0.25, 0.3) is 5.91 Å². The maximum atomic E-state index is 12.8. The van der Waals surface area contributed by atoms with Gasteiger partial charge in [-0.1, -0.05) is 17.3 Å². The normalized spacial score (nSPS) is 11.5. The molecule has 10 heteroatoms. The van der Waals surface area contributed by atoms with Crippen molar-refractivity contribution in [1.82, 2.24) is 24.5 Å². The zero-order valence-electron chi connectivity index (χ0n) is 18.3. The molecule has 3 aromatic rings. The van der Waals surface area contributed by atoms with Gasteiger partial charge in [-0.2, -0.15) is 0 Å². The quantitative estimate of drug-likeness (QED) is 0.328. The largest absolute Gasteiger partial charge is 0.382 e. The lowest BCUT2D eigenvalue weighted by Crippen LogP contribution is -2.24. The molecule has 0 aliphatic rings. The van der Waals surface area contributed by atoms with E-state index in [2.05, 4.69) is 20.6 Å². The molecule has 1 N–H and O–H groups in total. The predicted octanol–water partition coefficient (Wildman–Crippen LogP) is 2.71. The van der Waals surface area contributed by atoms with Crippen molar-refractivity contribution in [2.24, 2.45) is 0 Å². The Labute approximate surface area is 181 Å². The topological polar surface area (TPSA) is 105 Å². The minimum atomic E-state index is -0.442. The molecule has 0 saturated carbocycles. The summed E-state index contributed by atoms with van der Waals surface area (Å²) in [5, 5.41) is 10.9. The van der Waals surface area contributed by atoms with Gasteiger partial charge >= 0.3 is 0 Å². The molecule has 0 aliphatic carbocycles. The summed E-state index contributed by atoms with van der Waals surface area (Å²) in [4.78, 5) is 17.4. The number of hydrogen-bond donors (Lipinski definition) is 1. The second-order valence-corrected chi connectivity index (χ2v) is 6.75. The maximum Gasteiger partial charge on any atom is 0.280 e. The van der Waals surface area contributed by atoms with Crippen LogP contribution < -0.4 is 5.32 Å². The summed E-state index contributed by atoms with van der Waals surface area (Å²) in [6.45, 7) is 9.14. The van der Waals surface area contributed by atoms with E-state index in [0.717, 1.165) is 17.5 Å². The van der Waals surface area contributed by atoms with Crippen molar-refractivity contribution < 1.29 is 19.0 Å². The van der Waals surface area contributed by atoms with Crippen molar-refractivity contribution in [1.29, 1.82) is 0 Å². The highest BCUT2D eigenvalue weighted by Crippen LogP contribution is 2.20. The maximum absolute atomic E-state index is 12.8. The fourth-order valence-electron chi connectivity index (χ4n) is 3.20. The summed E-state index contributed by atoms with van der Waals surface area (Å²) in [5.41, 5.74) is 1.96. The summed E-state index contributed by atoms with van der Waals surface area (Å²) in [7, 11) is 0. The number of fused-ring (bicyclic) bond motifs is 1. The summed E-state index contributed by atoms with van der Waals surface area (Å²) in [6.07, 6.45) is 1.94.